The van der Waals surface area contributed by atoms with Gasteiger partial charge in [-0.2, -0.15) is 0 Å². The Morgan fingerprint density at radius 1 is 1.05 bits per heavy atom. The zero-order chi connectivity index (χ0) is 14.8. The summed E-state index contributed by atoms with van der Waals surface area (Å²) in [5, 5.41) is 0. The summed E-state index contributed by atoms with van der Waals surface area (Å²) in [6.45, 7) is 5.48. The summed E-state index contributed by atoms with van der Waals surface area (Å²) in [6, 6.07) is 7.82. The number of anilines is 2. The van der Waals surface area contributed by atoms with Gasteiger partial charge in [-0.25, -0.2) is 4.39 Å². The fourth-order valence-corrected chi connectivity index (χ4v) is 3.38. The van der Waals surface area contributed by atoms with E-state index in [0.717, 1.165) is 50.5 Å². The van der Waals surface area contributed by atoms with Crippen molar-refractivity contribution < 1.29 is 4.39 Å². The highest BCUT2D eigenvalue weighted by molar-refractivity contribution is 5.53. The van der Waals surface area contributed by atoms with Crippen LogP contribution in [0.4, 0.5) is 15.8 Å². The van der Waals surface area contributed by atoms with Gasteiger partial charge >= 0.3 is 0 Å². The van der Waals surface area contributed by atoms with Gasteiger partial charge in [0.2, 0.25) is 0 Å². The minimum Gasteiger partial charge on any atom is -0.399 e. The van der Waals surface area contributed by atoms with E-state index in [2.05, 4.69) is 21.7 Å². The number of halogens is 1. The van der Waals surface area contributed by atoms with E-state index in [1.54, 1.807) is 0 Å². The first-order chi connectivity index (χ1) is 10.1. The predicted molar refractivity (Wildman–Crippen MR) is 85.4 cm³/mol. The number of nitrogens with zero attached hydrogens (tertiary/aromatic N) is 3. The number of nitrogen functional groups attached to an aromatic ring is 1. The summed E-state index contributed by atoms with van der Waals surface area (Å²) in [6.07, 6.45) is 0.120. The summed E-state index contributed by atoms with van der Waals surface area (Å²) in [7, 11) is 2.13. The number of hydrogen-bond acceptors (Lipinski definition) is 4. The van der Waals surface area contributed by atoms with Crippen LogP contribution in [0.2, 0.25) is 0 Å². The van der Waals surface area contributed by atoms with Crippen LogP contribution in [0.15, 0.2) is 24.3 Å². The second-order valence-corrected chi connectivity index (χ2v) is 6.25. The molecule has 1 aromatic carbocycles. The zero-order valence-electron chi connectivity index (χ0n) is 12.7. The Hall–Kier alpha value is -1.33. The molecule has 116 valence electrons. The van der Waals surface area contributed by atoms with Crippen molar-refractivity contribution in [3.05, 3.63) is 24.3 Å². The minimum absolute atomic E-state index is 0.0868. The molecule has 1 aromatic rings. The Labute approximate surface area is 126 Å². The first-order valence-corrected chi connectivity index (χ1v) is 7.80. The van der Waals surface area contributed by atoms with Crippen molar-refractivity contribution in [2.45, 2.75) is 18.6 Å². The molecule has 2 unspecified atom stereocenters. The van der Waals surface area contributed by atoms with Crippen molar-refractivity contribution in [2.75, 3.05) is 56.9 Å². The second-order valence-electron chi connectivity index (χ2n) is 6.25. The Morgan fingerprint density at radius 3 is 2.33 bits per heavy atom. The summed E-state index contributed by atoms with van der Waals surface area (Å²) in [5.74, 6) is 0. The first kappa shape index (κ1) is 14.6. The van der Waals surface area contributed by atoms with Crippen LogP contribution in [0, 0.1) is 0 Å². The fraction of sp³-hybridized carbons (Fsp3) is 0.625. The molecule has 2 N–H and O–H groups in total. The predicted octanol–water partition coefficient (Wildman–Crippen LogP) is 1.43. The molecule has 2 fully saturated rings. The molecule has 0 radical (unpaired) electrons. The molecular formula is C16H25FN4. The third kappa shape index (κ3) is 3.30. The Kier molecular flexibility index (Phi) is 4.31. The van der Waals surface area contributed by atoms with Crippen molar-refractivity contribution in [1.82, 2.24) is 9.80 Å². The van der Waals surface area contributed by atoms with Crippen molar-refractivity contribution in [3.8, 4) is 0 Å². The van der Waals surface area contributed by atoms with E-state index in [1.807, 2.05) is 24.3 Å². The maximum Gasteiger partial charge on any atom is 0.133 e. The molecule has 0 aliphatic carbocycles. The Morgan fingerprint density at radius 2 is 1.71 bits per heavy atom. The van der Waals surface area contributed by atoms with Crippen molar-refractivity contribution >= 4 is 11.4 Å². The molecule has 2 aliphatic heterocycles. The molecule has 0 saturated carbocycles. The van der Waals surface area contributed by atoms with Gasteiger partial charge in [0.25, 0.3) is 0 Å². The number of alkyl halides is 1. The summed E-state index contributed by atoms with van der Waals surface area (Å²) < 4.78 is 14.6. The monoisotopic (exact) mass is 292 g/mol. The number of piperidine rings is 1. The highest BCUT2D eigenvalue weighted by Crippen LogP contribution is 2.25. The van der Waals surface area contributed by atoms with E-state index in [1.165, 1.54) is 0 Å². The molecule has 2 atom stereocenters. The van der Waals surface area contributed by atoms with E-state index in [4.69, 9.17) is 5.73 Å². The summed E-state index contributed by atoms with van der Waals surface area (Å²) >= 11 is 0. The van der Waals surface area contributed by atoms with Gasteiger partial charge in [-0.15, -0.1) is 0 Å². The third-order valence-electron chi connectivity index (χ3n) is 4.77. The van der Waals surface area contributed by atoms with Crippen LogP contribution in [-0.4, -0.2) is 68.3 Å². The number of rotatable bonds is 2. The standard InChI is InChI=1S/C16H25FN4/c1-19-8-10-20(11-9-19)16-6-7-21(12-15(16)17)14-4-2-13(18)3-5-14/h2-5,15-16H,6-12,18H2,1H3. The van der Waals surface area contributed by atoms with Gasteiger partial charge in [0, 0.05) is 50.1 Å². The molecule has 2 aliphatic rings. The van der Waals surface area contributed by atoms with Crippen molar-refractivity contribution in [2.24, 2.45) is 0 Å². The van der Waals surface area contributed by atoms with Crippen LogP contribution in [0.3, 0.4) is 0 Å². The average Bonchev–Trinajstić information content (AvgIpc) is 2.49. The summed E-state index contributed by atoms with van der Waals surface area (Å²) in [5.41, 5.74) is 7.54. The number of likely N-dealkylation sites (N-methyl/N-ethyl adjacent to an activating group) is 1. The average molecular weight is 292 g/mol. The summed E-state index contributed by atoms with van der Waals surface area (Å²) in [4.78, 5) is 6.79. The van der Waals surface area contributed by atoms with Crippen LogP contribution in [-0.2, 0) is 0 Å². The van der Waals surface area contributed by atoms with Gasteiger partial charge in [-0.1, -0.05) is 0 Å². The molecule has 4 nitrogen and oxygen atoms in total. The lowest BCUT2D eigenvalue weighted by Gasteiger charge is -2.44. The van der Waals surface area contributed by atoms with Crippen LogP contribution in [0.5, 0.6) is 0 Å². The maximum atomic E-state index is 14.6. The van der Waals surface area contributed by atoms with Crippen LogP contribution in [0.25, 0.3) is 0 Å². The maximum absolute atomic E-state index is 14.6. The Bertz CT molecular complexity index is 456. The number of hydrogen-bond donors (Lipinski definition) is 1. The van der Waals surface area contributed by atoms with E-state index < -0.39 is 6.17 Å². The molecule has 2 heterocycles. The lowest BCUT2D eigenvalue weighted by Crippen LogP contribution is -2.57. The molecular weight excluding hydrogens is 267 g/mol. The number of benzene rings is 1. The highest BCUT2D eigenvalue weighted by Gasteiger charge is 2.34. The normalized spacial score (nSPS) is 28.8. The second kappa shape index (κ2) is 6.20. The van der Waals surface area contributed by atoms with Crippen molar-refractivity contribution in [3.63, 3.8) is 0 Å². The van der Waals surface area contributed by atoms with Gasteiger partial charge < -0.3 is 15.5 Å². The molecule has 0 bridgehead atoms. The van der Waals surface area contributed by atoms with Crippen LogP contribution in [0.1, 0.15) is 6.42 Å². The largest absolute Gasteiger partial charge is 0.399 e. The lowest BCUT2D eigenvalue weighted by atomic mass is 9.99. The first-order valence-electron chi connectivity index (χ1n) is 7.80. The van der Waals surface area contributed by atoms with Gasteiger partial charge in [0.05, 0.1) is 6.54 Å². The van der Waals surface area contributed by atoms with Gasteiger partial charge in [-0.3, -0.25) is 4.90 Å². The highest BCUT2D eigenvalue weighted by atomic mass is 19.1. The topological polar surface area (TPSA) is 35.7 Å². The molecule has 5 heteroatoms. The quantitative estimate of drug-likeness (QED) is 0.837. The number of piperazine rings is 1. The molecule has 21 heavy (non-hydrogen) atoms. The lowest BCUT2D eigenvalue weighted by molar-refractivity contribution is 0.0532. The third-order valence-corrected chi connectivity index (χ3v) is 4.77. The van der Waals surface area contributed by atoms with E-state index in [9.17, 15) is 4.39 Å². The van der Waals surface area contributed by atoms with Crippen LogP contribution >= 0.6 is 0 Å². The van der Waals surface area contributed by atoms with Crippen molar-refractivity contribution in [1.29, 1.82) is 0 Å². The molecule has 0 aromatic heterocycles. The van der Waals surface area contributed by atoms with E-state index in [0.29, 0.717) is 6.54 Å². The van der Waals surface area contributed by atoms with Gasteiger partial charge in [0.1, 0.15) is 6.17 Å². The SMILES string of the molecule is CN1CCN(C2CCN(c3ccc(N)cc3)CC2F)CC1. The van der Waals surface area contributed by atoms with Gasteiger partial charge in [-0.05, 0) is 37.7 Å². The zero-order valence-corrected chi connectivity index (χ0v) is 12.7. The Balaban J connectivity index is 1.60. The smallest absolute Gasteiger partial charge is 0.133 e. The van der Waals surface area contributed by atoms with Crippen LogP contribution < -0.4 is 10.6 Å². The molecule has 0 spiro atoms. The van der Waals surface area contributed by atoms with E-state index in [-0.39, 0.29) is 6.04 Å². The van der Waals surface area contributed by atoms with Gasteiger partial charge in [0.15, 0.2) is 0 Å². The fourth-order valence-electron chi connectivity index (χ4n) is 3.38. The number of nitrogens with two attached hydrogens (primary N) is 1. The molecule has 2 saturated heterocycles. The van der Waals surface area contributed by atoms with E-state index >= 15 is 0 Å². The molecule has 0 amide bonds. The minimum atomic E-state index is -0.778. The molecule has 3 rings (SSSR count).